The van der Waals surface area contributed by atoms with Crippen LogP contribution in [0.3, 0.4) is 0 Å². The molecule has 1 saturated carbocycles. The van der Waals surface area contributed by atoms with E-state index in [2.05, 4.69) is 77.8 Å². The van der Waals surface area contributed by atoms with Crippen LogP contribution in [-0.4, -0.2) is 5.92 Å². The molecule has 4 aliphatic rings. The number of halogens is 2. The average Bonchev–Trinajstić information content (AvgIpc) is 3.41. The molecule has 0 bridgehead atoms. The van der Waals surface area contributed by atoms with Crippen molar-refractivity contribution in [3.8, 4) is 0 Å². The van der Waals surface area contributed by atoms with E-state index < -0.39 is 5.92 Å². The number of allylic oxidation sites excluding steroid dienone is 11. The minimum absolute atomic E-state index is 0.0555. The zero-order valence-electron chi connectivity index (χ0n) is 26.2. The van der Waals surface area contributed by atoms with Gasteiger partial charge in [0.15, 0.2) is 0 Å². The van der Waals surface area contributed by atoms with Gasteiger partial charge < -0.3 is 0 Å². The molecular formula is C38H50F2S. The molecular weight excluding hydrogens is 526 g/mol. The second kappa shape index (κ2) is 12.3. The van der Waals surface area contributed by atoms with E-state index in [9.17, 15) is 8.78 Å². The second-order valence-electron chi connectivity index (χ2n) is 13.8. The van der Waals surface area contributed by atoms with E-state index >= 15 is 0 Å². The lowest BCUT2D eigenvalue weighted by Crippen LogP contribution is -2.28. The van der Waals surface area contributed by atoms with Crippen LogP contribution in [0.1, 0.15) is 116 Å². The van der Waals surface area contributed by atoms with E-state index in [-0.39, 0.29) is 12.8 Å². The zero-order valence-corrected chi connectivity index (χ0v) is 27.0. The molecule has 0 aliphatic heterocycles. The van der Waals surface area contributed by atoms with Gasteiger partial charge in [-0.1, -0.05) is 62.3 Å². The lowest BCUT2D eigenvalue weighted by molar-refractivity contribution is -0.0475. The van der Waals surface area contributed by atoms with Crippen molar-refractivity contribution >= 4 is 22.5 Å². The SMILES string of the molecule is C=C(CC)c1csc(C2=CC(CC3CCC(F)(F)CC3)C/C3=C/C(C4=C(C)CCC(C)=C4C)=C\C(C)C[C@@H](C)C23)c1. The van der Waals surface area contributed by atoms with Crippen molar-refractivity contribution in [3.05, 3.63) is 80.1 Å². The van der Waals surface area contributed by atoms with Crippen molar-refractivity contribution in [1.82, 2.24) is 0 Å². The third kappa shape index (κ3) is 6.66. The number of fused-ring (bicyclic) bond motifs is 1. The van der Waals surface area contributed by atoms with Gasteiger partial charge in [-0.05, 0) is 141 Å². The van der Waals surface area contributed by atoms with Gasteiger partial charge in [-0.3, -0.25) is 0 Å². The second-order valence-corrected chi connectivity index (χ2v) is 14.8. The summed E-state index contributed by atoms with van der Waals surface area (Å²) < 4.78 is 28.0. The van der Waals surface area contributed by atoms with Crippen LogP contribution in [0, 0.1) is 29.6 Å². The van der Waals surface area contributed by atoms with Gasteiger partial charge in [0.1, 0.15) is 0 Å². The van der Waals surface area contributed by atoms with Gasteiger partial charge in [0.2, 0.25) is 5.92 Å². The Bertz CT molecular complexity index is 1320. The lowest BCUT2D eigenvalue weighted by Gasteiger charge is -2.39. The molecule has 0 spiro atoms. The highest BCUT2D eigenvalue weighted by atomic mass is 32.1. The van der Waals surface area contributed by atoms with Gasteiger partial charge in [-0.15, -0.1) is 11.3 Å². The number of rotatable bonds is 6. The topological polar surface area (TPSA) is 0 Å². The van der Waals surface area contributed by atoms with E-state index in [1.165, 1.54) is 62.3 Å². The van der Waals surface area contributed by atoms with Gasteiger partial charge in [-0.25, -0.2) is 8.78 Å². The van der Waals surface area contributed by atoms with E-state index in [1.807, 2.05) is 11.3 Å². The number of hydrogen-bond donors (Lipinski definition) is 0. The molecule has 4 atom stereocenters. The first kappa shape index (κ1) is 30.5. The van der Waals surface area contributed by atoms with Crippen LogP contribution in [-0.2, 0) is 0 Å². The number of thiophene rings is 1. The third-order valence-corrected chi connectivity index (χ3v) is 11.5. The summed E-state index contributed by atoms with van der Waals surface area (Å²) in [6, 6.07) is 2.37. The highest BCUT2D eigenvalue weighted by molar-refractivity contribution is 7.11. The summed E-state index contributed by atoms with van der Waals surface area (Å²) in [5, 5.41) is 2.28. The zero-order chi connectivity index (χ0) is 29.5. The van der Waals surface area contributed by atoms with Crippen molar-refractivity contribution in [2.24, 2.45) is 29.6 Å². The molecule has 0 N–H and O–H groups in total. The maximum Gasteiger partial charge on any atom is 0.248 e. The van der Waals surface area contributed by atoms with Gasteiger partial charge in [0.25, 0.3) is 0 Å². The maximum absolute atomic E-state index is 14.0. The quantitative estimate of drug-likeness (QED) is 0.316. The van der Waals surface area contributed by atoms with Crippen LogP contribution in [0.25, 0.3) is 11.1 Å². The minimum atomic E-state index is -2.47. The van der Waals surface area contributed by atoms with Crippen LogP contribution in [0.5, 0.6) is 0 Å². The molecule has 1 fully saturated rings. The molecule has 1 heterocycles. The van der Waals surface area contributed by atoms with Crippen LogP contribution in [0.15, 0.2) is 69.7 Å². The molecule has 222 valence electrons. The van der Waals surface area contributed by atoms with Crippen LogP contribution < -0.4 is 0 Å². The summed E-state index contributed by atoms with van der Waals surface area (Å²) in [6.07, 6.45) is 15.6. The molecule has 1 aromatic heterocycles. The fraction of sp³-hybridized carbons (Fsp3) is 0.579. The maximum atomic E-state index is 14.0. The molecule has 0 nitrogen and oxygen atoms in total. The first-order valence-electron chi connectivity index (χ1n) is 16.1. The van der Waals surface area contributed by atoms with Crippen molar-refractivity contribution in [2.75, 3.05) is 0 Å². The van der Waals surface area contributed by atoms with Crippen molar-refractivity contribution in [1.29, 1.82) is 0 Å². The molecule has 0 radical (unpaired) electrons. The normalized spacial score (nSPS) is 31.9. The monoisotopic (exact) mass is 576 g/mol. The van der Waals surface area contributed by atoms with Gasteiger partial charge in [0, 0.05) is 23.6 Å². The Morgan fingerprint density at radius 1 is 1.05 bits per heavy atom. The molecule has 41 heavy (non-hydrogen) atoms. The Labute approximate surface area is 252 Å². The Morgan fingerprint density at radius 2 is 1.76 bits per heavy atom. The highest BCUT2D eigenvalue weighted by Gasteiger charge is 2.38. The predicted octanol–water partition coefficient (Wildman–Crippen LogP) is 12.4. The number of alkyl halides is 2. The third-order valence-electron chi connectivity index (χ3n) is 10.6. The molecule has 4 aliphatic carbocycles. The van der Waals surface area contributed by atoms with Gasteiger partial charge >= 0.3 is 0 Å². The Morgan fingerprint density at radius 3 is 2.46 bits per heavy atom. The molecule has 5 rings (SSSR count). The van der Waals surface area contributed by atoms with Gasteiger partial charge in [-0.2, -0.15) is 0 Å². The summed E-state index contributed by atoms with van der Waals surface area (Å²) in [5.41, 5.74) is 12.9. The van der Waals surface area contributed by atoms with E-state index in [0.29, 0.717) is 42.4 Å². The predicted molar refractivity (Wildman–Crippen MR) is 174 cm³/mol. The highest BCUT2D eigenvalue weighted by Crippen LogP contribution is 2.51. The van der Waals surface area contributed by atoms with E-state index in [1.54, 1.807) is 5.57 Å². The summed E-state index contributed by atoms with van der Waals surface area (Å²) in [7, 11) is 0. The molecule has 0 saturated heterocycles. The summed E-state index contributed by atoms with van der Waals surface area (Å²) >= 11 is 1.86. The summed E-state index contributed by atoms with van der Waals surface area (Å²) in [6.45, 7) is 18.3. The molecule has 3 heteroatoms. The molecule has 1 aromatic rings. The summed E-state index contributed by atoms with van der Waals surface area (Å²) in [5.74, 6) is -0.236. The minimum Gasteiger partial charge on any atom is -0.207 e. The van der Waals surface area contributed by atoms with Crippen molar-refractivity contribution < 1.29 is 8.78 Å². The van der Waals surface area contributed by atoms with E-state index in [4.69, 9.17) is 0 Å². The standard InChI is InChI=1S/C38H50F2S/c1-8-24(3)33-21-35(41-22-33)34-19-30(17-29-11-13-38(39,40)14-12-29)18-32-20-31(16-23(2)15-27(6)37(32)34)36-26(5)10-9-25(4)28(36)7/h16,19-23,27,29-30,37H,3,8-15,17-18H2,1-2,4-7H3/b31-16+,32-20-/t23?,27-,30?,37?/m1/s1. The lowest BCUT2D eigenvalue weighted by atomic mass is 9.66. The Balaban J connectivity index is 1.58. The molecule has 0 aromatic carbocycles. The van der Waals surface area contributed by atoms with Crippen LogP contribution in [0.2, 0.25) is 0 Å². The van der Waals surface area contributed by atoms with E-state index in [0.717, 1.165) is 25.7 Å². The van der Waals surface area contributed by atoms with Crippen molar-refractivity contribution in [2.45, 2.75) is 112 Å². The van der Waals surface area contributed by atoms with Crippen LogP contribution >= 0.6 is 11.3 Å². The molecule has 3 unspecified atom stereocenters. The first-order valence-corrected chi connectivity index (χ1v) is 17.0. The Hall–Kier alpha value is -2.00. The number of hydrogen-bond acceptors (Lipinski definition) is 1. The average molecular weight is 577 g/mol. The smallest absolute Gasteiger partial charge is 0.207 e. The van der Waals surface area contributed by atoms with Gasteiger partial charge in [0.05, 0.1) is 0 Å². The fourth-order valence-electron chi connectivity index (χ4n) is 8.08. The summed E-state index contributed by atoms with van der Waals surface area (Å²) in [4.78, 5) is 1.37. The van der Waals surface area contributed by atoms with Crippen LogP contribution in [0.4, 0.5) is 8.78 Å². The fourth-order valence-corrected chi connectivity index (χ4v) is 9.09. The molecule has 0 amide bonds. The largest absolute Gasteiger partial charge is 0.248 e. The van der Waals surface area contributed by atoms with Crippen molar-refractivity contribution in [3.63, 3.8) is 0 Å². The first-order chi connectivity index (χ1) is 19.5. The Kier molecular flexibility index (Phi) is 9.15.